The van der Waals surface area contributed by atoms with E-state index in [9.17, 15) is 0 Å². The smallest absolute Gasteiger partial charge is 0.223 e. The third kappa shape index (κ3) is 3.11. The number of aryl methyl sites for hydroxylation is 1. The van der Waals surface area contributed by atoms with Gasteiger partial charge in [-0.05, 0) is 25.0 Å². The second-order valence-electron chi connectivity index (χ2n) is 4.98. The fourth-order valence-electron chi connectivity index (χ4n) is 2.46. The highest BCUT2D eigenvalue weighted by Crippen LogP contribution is 2.16. The van der Waals surface area contributed by atoms with Gasteiger partial charge in [0.25, 0.3) is 0 Å². The van der Waals surface area contributed by atoms with Gasteiger partial charge < -0.3 is 14.7 Å². The van der Waals surface area contributed by atoms with Crippen LogP contribution in [0.15, 0.2) is 22.9 Å². The molecule has 2 aromatic rings. The number of hydrogen-bond donors (Lipinski definition) is 1. The summed E-state index contributed by atoms with van der Waals surface area (Å²) in [5.41, 5.74) is 0. The Labute approximate surface area is 117 Å². The first-order valence-corrected chi connectivity index (χ1v) is 6.86. The highest BCUT2D eigenvalue weighted by atomic mass is 16.5. The molecule has 1 aliphatic heterocycles. The van der Waals surface area contributed by atoms with Crippen LogP contribution in [0, 0.1) is 6.92 Å². The molecule has 0 aliphatic carbocycles. The minimum Gasteiger partial charge on any atom is -0.354 e. The lowest BCUT2D eigenvalue weighted by Gasteiger charge is -2.33. The number of nitrogens with zero attached hydrogens (tertiary/aromatic N) is 5. The Morgan fingerprint density at radius 1 is 1.50 bits per heavy atom. The molecule has 1 fully saturated rings. The van der Waals surface area contributed by atoms with Gasteiger partial charge in [-0.1, -0.05) is 5.16 Å². The van der Waals surface area contributed by atoms with E-state index >= 15 is 0 Å². The topological polar surface area (TPSA) is 80.0 Å². The van der Waals surface area contributed by atoms with Crippen LogP contribution in [0.1, 0.15) is 24.6 Å². The summed E-state index contributed by atoms with van der Waals surface area (Å²) in [6, 6.07) is 4.32. The lowest BCUT2D eigenvalue weighted by molar-refractivity contribution is 0.376. The Balaban J connectivity index is 1.55. The van der Waals surface area contributed by atoms with Crippen LogP contribution in [0.25, 0.3) is 0 Å². The van der Waals surface area contributed by atoms with Crippen molar-refractivity contribution in [1.29, 1.82) is 0 Å². The van der Waals surface area contributed by atoms with Crippen LogP contribution in [-0.4, -0.2) is 39.5 Å². The lowest BCUT2D eigenvalue weighted by Crippen LogP contribution is -2.46. The number of nitrogens with one attached hydrogen (secondary N) is 1. The molecule has 1 aliphatic rings. The first kappa shape index (κ1) is 13.0. The molecular weight excluding hydrogens is 256 g/mol. The van der Waals surface area contributed by atoms with E-state index in [4.69, 9.17) is 4.52 Å². The van der Waals surface area contributed by atoms with Crippen LogP contribution in [0.4, 0.5) is 5.82 Å². The molecule has 3 heterocycles. The molecule has 0 amide bonds. The van der Waals surface area contributed by atoms with Crippen LogP contribution in [0.3, 0.4) is 0 Å². The third-order valence-corrected chi connectivity index (χ3v) is 3.42. The normalized spacial score (nSPS) is 19.2. The van der Waals surface area contributed by atoms with E-state index in [2.05, 4.69) is 30.6 Å². The summed E-state index contributed by atoms with van der Waals surface area (Å²) in [6.07, 6.45) is 3.98. The van der Waals surface area contributed by atoms with E-state index < -0.39 is 0 Å². The summed E-state index contributed by atoms with van der Waals surface area (Å²) >= 11 is 0. The van der Waals surface area contributed by atoms with Crippen molar-refractivity contribution >= 4 is 5.82 Å². The van der Waals surface area contributed by atoms with Gasteiger partial charge in [0.1, 0.15) is 0 Å². The summed E-state index contributed by atoms with van der Waals surface area (Å²) in [5, 5.41) is 15.5. The van der Waals surface area contributed by atoms with Gasteiger partial charge in [0, 0.05) is 32.3 Å². The van der Waals surface area contributed by atoms with Gasteiger partial charge in [-0.25, -0.2) is 0 Å². The molecule has 7 heteroatoms. The number of rotatable bonds is 4. The van der Waals surface area contributed by atoms with Crippen LogP contribution in [0.5, 0.6) is 0 Å². The SMILES string of the molecule is Cc1nc(CNC2CCCN(c3cccnn3)C2)no1. The van der Waals surface area contributed by atoms with Crippen molar-refractivity contribution in [2.24, 2.45) is 0 Å². The van der Waals surface area contributed by atoms with Gasteiger partial charge in [0.15, 0.2) is 11.6 Å². The van der Waals surface area contributed by atoms with Gasteiger partial charge in [-0.3, -0.25) is 0 Å². The fraction of sp³-hybridized carbons (Fsp3) is 0.538. The standard InChI is InChI=1S/C13H18N6O/c1-10-16-12(18-20-10)8-14-11-4-3-7-19(9-11)13-5-2-6-15-17-13/h2,5-6,11,14H,3-4,7-9H2,1H3. The van der Waals surface area contributed by atoms with E-state index in [1.807, 2.05) is 12.1 Å². The van der Waals surface area contributed by atoms with Crippen LogP contribution in [-0.2, 0) is 6.54 Å². The van der Waals surface area contributed by atoms with Gasteiger partial charge in [-0.15, -0.1) is 5.10 Å². The van der Waals surface area contributed by atoms with Crippen LogP contribution in [0.2, 0.25) is 0 Å². The Kier molecular flexibility index (Phi) is 3.87. The minimum absolute atomic E-state index is 0.407. The molecular formula is C13H18N6O. The summed E-state index contributed by atoms with van der Waals surface area (Å²) < 4.78 is 4.97. The number of hydrogen-bond acceptors (Lipinski definition) is 7. The van der Waals surface area contributed by atoms with Gasteiger partial charge in [-0.2, -0.15) is 10.1 Å². The molecule has 106 valence electrons. The largest absolute Gasteiger partial charge is 0.354 e. The van der Waals surface area contributed by atoms with Gasteiger partial charge in [0.2, 0.25) is 5.89 Å². The Morgan fingerprint density at radius 3 is 3.20 bits per heavy atom. The Hall–Kier alpha value is -2.02. The maximum absolute atomic E-state index is 4.97. The van der Waals surface area contributed by atoms with Crippen LogP contribution < -0.4 is 10.2 Å². The average Bonchev–Trinajstić information content (AvgIpc) is 2.92. The molecule has 0 bridgehead atoms. The molecule has 1 saturated heterocycles. The van der Waals surface area contributed by atoms with Crippen molar-refractivity contribution in [3.05, 3.63) is 30.0 Å². The first-order valence-electron chi connectivity index (χ1n) is 6.86. The summed E-state index contributed by atoms with van der Waals surface area (Å²) in [4.78, 5) is 6.46. The molecule has 1 atom stereocenters. The van der Waals surface area contributed by atoms with Crippen molar-refractivity contribution in [2.75, 3.05) is 18.0 Å². The molecule has 3 rings (SSSR count). The number of piperidine rings is 1. The molecule has 7 nitrogen and oxygen atoms in total. The zero-order chi connectivity index (χ0) is 13.8. The monoisotopic (exact) mass is 274 g/mol. The van der Waals surface area contributed by atoms with E-state index in [1.165, 1.54) is 0 Å². The van der Waals surface area contributed by atoms with Gasteiger partial charge in [0.05, 0.1) is 6.54 Å². The Morgan fingerprint density at radius 2 is 2.45 bits per heavy atom. The first-order chi connectivity index (χ1) is 9.81. The van der Waals surface area contributed by atoms with Crippen molar-refractivity contribution in [3.8, 4) is 0 Å². The highest BCUT2D eigenvalue weighted by Gasteiger charge is 2.21. The molecule has 0 aromatic carbocycles. The Bertz CT molecular complexity index is 543. The molecule has 2 aromatic heterocycles. The van der Waals surface area contributed by atoms with Crippen molar-refractivity contribution in [1.82, 2.24) is 25.7 Å². The second kappa shape index (κ2) is 5.96. The molecule has 0 radical (unpaired) electrons. The summed E-state index contributed by atoms with van der Waals surface area (Å²) in [7, 11) is 0. The molecule has 1 unspecified atom stereocenters. The molecule has 0 spiro atoms. The lowest BCUT2D eigenvalue weighted by atomic mass is 10.1. The van der Waals surface area contributed by atoms with E-state index in [-0.39, 0.29) is 0 Å². The molecule has 0 saturated carbocycles. The third-order valence-electron chi connectivity index (χ3n) is 3.42. The second-order valence-corrected chi connectivity index (χ2v) is 4.98. The van der Waals surface area contributed by atoms with E-state index in [0.717, 1.165) is 31.7 Å². The maximum Gasteiger partial charge on any atom is 0.223 e. The van der Waals surface area contributed by atoms with Gasteiger partial charge >= 0.3 is 0 Å². The fourth-order valence-corrected chi connectivity index (χ4v) is 2.46. The summed E-state index contributed by atoms with van der Waals surface area (Å²) in [6.45, 7) is 4.39. The van der Waals surface area contributed by atoms with Crippen LogP contribution >= 0.6 is 0 Å². The molecule has 20 heavy (non-hydrogen) atoms. The quantitative estimate of drug-likeness (QED) is 0.888. The van der Waals surface area contributed by atoms with E-state index in [1.54, 1.807) is 13.1 Å². The average molecular weight is 274 g/mol. The maximum atomic E-state index is 4.97. The number of anilines is 1. The predicted octanol–water partition coefficient (Wildman–Crippen LogP) is 0.927. The van der Waals surface area contributed by atoms with Crippen molar-refractivity contribution in [2.45, 2.75) is 32.4 Å². The minimum atomic E-state index is 0.407. The molecule has 1 N–H and O–H groups in total. The van der Waals surface area contributed by atoms with Crippen molar-refractivity contribution in [3.63, 3.8) is 0 Å². The predicted molar refractivity (Wildman–Crippen MR) is 73.1 cm³/mol. The summed E-state index contributed by atoms with van der Waals surface area (Å²) in [5.74, 6) is 2.25. The number of aromatic nitrogens is 4. The van der Waals surface area contributed by atoms with Crippen molar-refractivity contribution < 1.29 is 4.52 Å². The highest BCUT2D eigenvalue weighted by molar-refractivity contribution is 5.37. The van der Waals surface area contributed by atoms with E-state index in [0.29, 0.717) is 24.3 Å². The zero-order valence-corrected chi connectivity index (χ0v) is 11.5. The zero-order valence-electron chi connectivity index (χ0n) is 11.5.